The van der Waals surface area contributed by atoms with E-state index in [0.29, 0.717) is 38.3 Å². The lowest BCUT2D eigenvalue weighted by Gasteiger charge is -2.39. The zero-order valence-electron chi connectivity index (χ0n) is 21.7. The molecule has 37 heavy (non-hydrogen) atoms. The van der Waals surface area contributed by atoms with Crippen LogP contribution in [0.4, 0.5) is 0 Å². The van der Waals surface area contributed by atoms with Gasteiger partial charge in [0.2, 0.25) is 10.0 Å². The number of hydrogen-bond donors (Lipinski definition) is 0. The Balaban J connectivity index is 1.31. The summed E-state index contributed by atoms with van der Waals surface area (Å²) in [4.78, 5) is 27.7. The van der Waals surface area contributed by atoms with Gasteiger partial charge in [-0.15, -0.1) is 0 Å². The number of carbonyl (C=O) groups excluding carboxylic acids is 2. The molecule has 2 aliphatic rings. The molecule has 198 valence electrons. The number of rotatable bonds is 5. The molecule has 9 nitrogen and oxygen atoms in total. The standard InChI is InChI=1S/C27H33N3O6S/c1-5-35-26(32)23-18(2)36-19(3)24(23)37(33,34)30-15-12-27(17-30)10-13-29(14-11-27)25(31)22-16-20-8-6-7-9-21(20)28(22)4/h6-9,16H,5,10-15,17H2,1-4H3. The van der Waals surface area contributed by atoms with Crippen molar-refractivity contribution in [1.82, 2.24) is 13.8 Å². The number of fused-ring (bicyclic) bond motifs is 1. The minimum Gasteiger partial charge on any atom is -0.464 e. The van der Waals surface area contributed by atoms with Crippen LogP contribution >= 0.6 is 0 Å². The van der Waals surface area contributed by atoms with Crippen molar-refractivity contribution in [3.05, 3.63) is 53.1 Å². The minimum atomic E-state index is -3.96. The number of ether oxygens (including phenoxy) is 1. The molecule has 0 bridgehead atoms. The van der Waals surface area contributed by atoms with Crippen LogP contribution < -0.4 is 0 Å². The maximum Gasteiger partial charge on any atom is 0.343 e. The van der Waals surface area contributed by atoms with Crippen LogP contribution in [-0.4, -0.2) is 66.9 Å². The number of likely N-dealkylation sites (tertiary alicyclic amines) is 1. The van der Waals surface area contributed by atoms with Crippen LogP contribution in [0.5, 0.6) is 0 Å². The molecule has 0 radical (unpaired) electrons. The second-order valence-corrected chi connectivity index (χ2v) is 12.0. The molecule has 0 saturated carbocycles. The first kappa shape index (κ1) is 25.5. The fourth-order valence-electron chi connectivity index (χ4n) is 5.89. The van der Waals surface area contributed by atoms with E-state index >= 15 is 0 Å². The van der Waals surface area contributed by atoms with Crippen LogP contribution in [0.1, 0.15) is 58.6 Å². The van der Waals surface area contributed by atoms with Gasteiger partial charge in [-0.2, -0.15) is 4.31 Å². The number of carbonyl (C=O) groups is 2. The highest BCUT2D eigenvalue weighted by Crippen LogP contribution is 2.43. The van der Waals surface area contributed by atoms with E-state index in [9.17, 15) is 18.0 Å². The molecular weight excluding hydrogens is 494 g/mol. The summed E-state index contributed by atoms with van der Waals surface area (Å²) in [6.07, 6.45) is 2.17. The lowest BCUT2D eigenvalue weighted by molar-refractivity contribution is 0.0519. The van der Waals surface area contributed by atoms with Crippen molar-refractivity contribution in [3.8, 4) is 0 Å². The molecule has 10 heteroatoms. The Morgan fingerprint density at radius 1 is 1.05 bits per heavy atom. The van der Waals surface area contributed by atoms with Gasteiger partial charge < -0.3 is 18.6 Å². The molecule has 0 aliphatic carbocycles. The quantitative estimate of drug-likeness (QED) is 0.467. The van der Waals surface area contributed by atoms with E-state index in [-0.39, 0.29) is 39.9 Å². The van der Waals surface area contributed by atoms with Gasteiger partial charge in [-0.05, 0) is 57.6 Å². The lowest BCUT2D eigenvalue weighted by Crippen LogP contribution is -2.45. The van der Waals surface area contributed by atoms with Crippen molar-refractivity contribution in [2.24, 2.45) is 12.5 Å². The summed E-state index contributed by atoms with van der Waals surface area (Å²) in [5, 5.41) is 1.03. The Morgan fingerprint density at radius 2 is 1.73 bits per heavy atom. The normalized spacial score (nSPS) is 18.1. The Labute approximate surface area is 217 Å². The minimum absolute atomic E-state index is 0.000370. The molecule has 1 spiro atoms. The number of hydrogen-bond acceptors (Lipinski definition) is 6. The first-order chi connectivity index (χ1) is 17.6. The number of amides is 1. The van der Waals surface area contributed by atoms with Crippen molar-refractivity contribution in [2.75, 3.05) is 32.8 Å². The van der Waals surface area contributed by atoms with Gasteiger partial charge >= 0.3 is 5.97 Å². The molecule has 1 aromatic carbocycles. The molecular formula is C27H33N3O6S. The predicted molar refractivity (Wildman–Crippen MR) is 138 cm³/mol. The highest BCUT2D eigenvalue weighted by atomic mass is 32.2. The molecule has 5 rings (SSSR count). The maximum atomic E-state index is 13.7. The number of nitrogens with zero attached hydrogens (tertiary/aromatic N) is 3. The third kappa shape index (κ3) is 4.25. The summed E-state index contributed by atoms with van der Waals surface area (Å²) in [7, 11) is -2.05. The van der Waals surface area contributed by atoms with Crippen LogP contribution in [0.15, 0.2) is 39.6 Å². The number of benzene rings is 1. The molecule has 0 atom stereocenters. The van der Waals surface area contributed by atoms with Gasteiger partial charge in [0.25, 0.3) is 5.91 Å². The third-order valence-electron chi connectivity index (χ3n) is 7.97. The highest BCUT2D eigenvalue weighted by molar-refractivity contribution is 7.89. The largest absolute Gasteiger partial charge is 0.464 e. The van der Waals surface area contributed by atoms with E-state index in [2.05, 4.69) is 0 Å². The summed E-state index contributed by atoms with van der Waals surface area (Å²) in [5.41, 5.74) is 1.46. The monoisotopic (exact) mass is 527 g/mol. The summed E-state index contributed by atoms with van der Waals surface area (Å²) in [6.45, 7) is 6.83. The molecule has 2 saturated heterocycles. The van der Waals surface area contributed by atoms with Crippen molar-refractivity contribution in [1.29, 1.82) is 0 Å². The topological polar surface area (TPSA) is 102 Å². The summed E-state index contributed by atoms with van der Waals surface area (Å²) < 4.78 is 41.5. The zero-order chi connectivity index (χ0) is 26.5. The van der Waals surface area contributed by atoms with E-state index in [1.807, 2.05) is 46.8 Å². The molecule has 0 unspecified atom stereocenters. The number of aryl methyl sites for hydroxylation is 3. The van der Waals surface area contributed by atoms with E-state index in [0.717, 1.165) is 23.7 Å². The zero-order valence-corrected chi connectivity index (χ0v) is 22.6. The number of esters is 1. The molecule has 2 aliphatic heterocycles. The van der Waals surface area contributed by atoms with Crippen molar-refractivity contribution in [3.63, 3.8) is 0 Å². The SMILES string of the molecule is CCOC(=O)c1c(C)oc(C)c1S(=O)(=O)N1CCC2(CCN(C(=O)c3cc4ccccc4n3C)CC2)C1. The Hall–Kier alpha value is -3.11. The number of piperidine rings is 1. The summed E-state index contributed by atoms with van der Waals surface area (Å²) in [5.74, 6) is -0.260. The molecule has 0 N–H and O–H groups in total. The van der Waals surface area contributed by atoms with Gasteiger partial charge in [-0.1, -0.05) is 18.2 Å². The average Bonchev–Trinajstić information content (AvgIpc) is 3.53. The maximum absolute atomic E-state index is 13.7. The molecule has 3 aromatic rings. The Morgan fingerprint density at radius 3 is 2.41 bits per heavy atom. The van der Waals surface area contributed by atoms with E-state index < -0.39 is 16.0 Å². The fraction of sp³-hybridized carbons (Fsp3) is 0.481. The van der Waals surface area contributed by atoms with Crippen LogP contribution in [-0.2, 0) is 21.8 Å². The van der Waals surface area contributed by atoms with Gasteiger partial charge in [-0.3, -0.25) is 4.79 Å². The van der Waals surface area contributed by atoms with Gasteiger partial charge in [0.15, 0.2) is 0 Å². The Bertz CT molecular complexity index is 1480. The number of para-hydroxylation sites is 1. The van der Waals surface area contributed by atoms with Crippen molar-refractivity contribution < 1.29 is 27.2 Å². The second kappa shape index (κ2) is 9.33. The first-order valence-corrected chi connectivity index (χ1v) is 14.1. The summed E-state index contributed by atoms with van der Waals surface area (Å²) in [6, 6.07) is 9.86. The molecule has 4 heterocycles. The fourth-order valence-corrected chi connectivity index (χ4v) is 7.81. The van der Waals surface area contributed by atoms with Crippen molar-refractivity contribution >= 4 is 32.8 Å². The molecule has 1 amide bonds. The van der Waals surface area contributed by atoms with Gasteiger partial charge in [0, 0.05) is 44.1 Å². The smallest absolute Gasteiger partial charge is 0.343 e. The molecule has 2 fully saturated rings. The number of sulfonamides is 1. The second-order valence-electron chi connectivity index (χ2n) is 10.2. The van der Waals surface area contributed by atoms with Crippen molar-refractivity contribution in [2.45, 2.75) is 44.9 Å². The predicted octanol–water partition coefficient (Wildman–Crippen LogP) is 3.88. The van der Waals surface area contributed by atoms with Gasteiger partial charge in [0.05, 0.1) is 6.61 Å². The van der Waals surface area contributed by atoms with Gasteiger partial charge in [0.1, 0.15) is 27.7 Å². The third-order valence-corrected chi connectivity index (χ3v) is 9.97. The number of aromatic nitrogens is 1. The average molecular weight is 528 g/mol. The first-order valence-electron chi connectivity index (χ1n) is 12.7. The van der Waals surface area contributed by atoms with E-state index in [4.69, 9.17) is 9.15 Å². The van der Waals surface area contributed by atoms with Gasteiger partial charge in [-0.25, -0.2) is 13.2 Å². The Kier molecular flexibility index (Phi) is 6.44. The van der Waals surface area contributed by atoms with E-state index in [1.54, 1.807) is 20.8 Å². The van der Waals surface area contributed by atoms with Crippen LogP contribution in [0, 0.1) is 19.3 Å². The van der Waals surface area contributed by atoms with Crippen LogP contribution in [0.3, 0.4) is 0 Å². The lowest BCUT2D eigenvalue weighted by atomic mass is 9.78. The van der Waals surface area contributed by atoms with Crippen LogP contribution in [0.25, 0.3) is 10.9 Å². The van der Waals surface area contributed by atoms with Crippen LogP contribution in [0.2, 0.25) is 0 Å². The van der Waals surface area contributed by atoms with E-state index in [1.165, 1.54) is 4.31 Å². The summed E-state index contributed by atoms with van der Waals surface area (Å²) >= 11 is 0. The highest BCUT2D eigenvalue weighted by Gasteiger charge is 2.47. The number of furan rings is 1. The molecule has 2 aromatic heterocycles.